The average Bonchev–Trinajstić information content (AvgIpc) is 2.65. The van der Waals surface area contributed by atoms with Crippen molar-refractivity contribution >= 4 is 5.91 Å². The standard InChI is InChI=1S/C22H26N2O2/c1-23-21(25)15-26-20-10-5-3-8-18(20)14-24-13-17-7-2-4-9-19(17)22(16-24)11-6-12-22/h2-5,7-10H,6,11-16H2,1H3,(H,23,25). The van der Waals surface area contributed by atoms with E-state index in [1.807, 2.05) is 18.2 Å². The van der Waals surface area contributed by atoms with Crippen LogP contribution < -0.4 is 10.1 Å². The molecule has 2 aromatic carbocycles. The number of carbonyl (C=O) groups is 1. The van der Waals surface area contributed by atoms with Crippen molar-refractivity contribution in [3.05, 3.63) is 65.2 Å². The molecule has 0 saturated heterocycles. The van der Waals surface area contributed by atoms with Gasteiger partial charge in [-0.25, -0.2) is 0 Å². The van der Waals surface area contributed by atoms with Crippen molar-refractivity contribution in [1.29, 1.82) is 0 Å². The van der Waals surface area contributed by atoms with Gasteiger partial charge in [-0.15, -0.1) is 0 Å². The van der Waals surface area contributed by atoms with Crippen LogP contribution in [-0.2, 0) is 23.3 Å². The third kappa shape index (κ3) is 3.21. The molecule has 0 bridgehead atoms. The fourth-order valence-corrected chi connectivity index (χ4v) is 4.36. The number of fused-ring (bicyclic) bond motifs is 2. The summed E-state index contributed by atoms with van der Waals surface area (Å²) < 4.78 is 5.75. The molecule has 2 aromatic rings. The first-order chi connectivity index (χ1) is 12.7. The van der Waals surface area contributed by atoms with Crippen molar-refractivity contribution in [1.82, 2.24) is 10.2 Å². The Bertz CT molecular complexity index is 798. The van der Waals surface area contributed by atoms with Crippen molar-refractivity contribution in [3.63, 3.8) is 0 Å². The van der Waals surface area contributed by atoms with Gasteiger partial charge in [-0.1, -0.05) is 48.9 Å². The predicted molar refractivity (Wildman–Crippen MR) is 102 cm³/mol. The normalized spacial score (nSPS) is 18.0. The summed E-state index contributed by atoms with van der Waals surface area (Å²) in [5.41, 5.74) is 4.51. The Morgan fingerprint density at radius 1 is 1.15 bits per heavy atom. The Balaban J connectivity index is 1.53. The van der Waals surface area contributed by atoms with E-state index < -0.39 is 0 Å². The summed E-state index contributed by atoms with van der Waals surface area (Å²) in [7, 11) is 1.63. The van der Waals surface area contributed by atoms with Gasteiger partial charge in [0.1, 0.15) is 5.75 Å². The SMILES string of the molecule is CNC(=O)COc1ccccc1CN1Cc2ccccc2C2(CCC2)C1. The van der Waals surface area contributed by atoms with Crippen LogP contribution in [0.3, 0.4) is 0 Å². The number of para-hydroxylation sites is 1. The van der Waals surface area contributed by atoms with E-state index in [2.05, 4.69) is 40.5 Å². The van der Waals surface area contributed by atoms with Crippen LogP contribution in [0.2, 0.25) is 0 Å². The Morgan fingerprint density at radius 3 is 2.69 bits per heavy atom. The summed E-state index contributed by atoms with van der Waals surface area (Å²) in [4.78, 5) is 14.0. The zero-order valence-corrected chi connectivity index (χ0v) is 15.3. The Kier molecular flexibility index (Phi) is 4.68. The number of hydrogen-bond acceptors (Lipinski definition) is 3. The first-order valence-electron chi connectivity index (χ1n) is 9.42. The Labute approximate surface area is 155 Å². The molecule has 136 valence electrons. The fraction of sp³-hybridized carbons (Fsp3) is 0.409. The van der Waals surface area contributed by atoms with Crippen LogP contribution in [0.15, 0.2) is 48.5 Å². The van der Waals surface area contributed by atoms with E-state index in [-0.39, 0.29) is 12.5 Å². The molecular weight excluding hydrogens is 324 g/mol. The molecule has 4 nitrogen and oxygen atoms in total. The first-order valence-corrected chi connectivity index (χ1v) is 9.42. The monoisotopic (exact) mass is 350 g/mol. The zero-order chi connectivity index (χ0) is 18.0. The van der Waals surface area contributed by atoms with Crippen molar-refractivity contribution in [2.45, 2.75) is 37.8 Å². The molecule has 0 aromatic heterocycles. The molecule has 1 aliphatic heterocycles. The maximum absolute atomic E-state index is 11.5. The van der Waals surface area contributed by atoms with E-state index in [1.165, 1.54) is 24.8 Å². The number of hydrogen-bond donors (Lipinski definition) is 1. The smallest absolute Gasteiger partial charge is 0.257 e. The molecule has 1 aliphatic carbocycles. The first kappa shape index (κ1) is 17.1. The predicted octanol–water partition coefficient (Wildman–Crippen LogP) is 3.25. The number of ether oxygens (including phenoxy) is 1. The van der Waals surface area contributed by atoms with Gasteiger partial charge >= 0.3 is 0 Å². The number of nitrogens with one attached hydrogen (secondary N) is 1. The quantitative estimate of drug-likeness (QED) is 0.900. The van der Waals surface area contributed by atoms with E-state index >= 15 is 0 Å². The molecule has 26 heavy (non-hydrogen) atoms. The molecule has 1 heterocycles. The average molecular weight is 350 g/mol. The number of nitrogens with zero attached hydrogens (tertiary/aromatic N) is 1. The van der Waals surface area contributed by atoms with Crippen LogP contribution in [0.1, 0.15) is 36.0 Å². The minimum absolute atomic E-state index is 0.0558. The van der Waals surface area contributed by atoms with Gasteiger partial charge in [-0.2, -0.15) is 0 Å². The molecule has 4 rings (SSSR count). The van der Waals surface area contributed by atoms with E-state index in [0.29, 0.717) is 5.41 Å². The van der Waals surface area contributed by atoms with Crippen molar-refractivity contribution in [2.75, 3.05) is 20.2 Å². The molecule has 0 radical (unpaired) electrons. The number of amides is 1. The number of rotatable bonds is 5. The van der Waals surface area contributed by atoms with Gasteiger partial charge in [-0.05, 0) is 30.0 Å². The second kappa shape index (κ2) is 7.12. The Hall–Kier alpha value is -2.33. The highest BCUT2D eigenvalue weighted by Gasteiger charge is 2.43. The van der Waals surface area contributed by atoms with E-state index in [9.17, 15) is 4.79 Å². The number of likely N-dealkylation sites (N-methyl/N-ethyl adjacent to an activating group) is 1. The minimum Gasteiger partial charge on any atom is -0.483 e. The molecule has 1 N–H and O–H groups in total. The van der Waals surface area contributed by atoms with Gasteiger partial charge in [0.25, 0.3) is 5.91 Å². The molecule has 2 aliphatic rings. The van der Waals surface area contributed by atoms with Crippen molar-refractivity contribution < 1.29 is 9.53 Å². The van der Waals surface area contributed by atoms with Gasteiger partial charge in [0, 0.05) is 37.7 Å². The fourth-order valence-electron chi connectivity index (χ4n) is 4.36. The van der Waals surface area contributed by atoms with Gasteiger partial charge in [0.2, 0.25) is 0 Å². The number of carbonyl (C=O) groups excluding carboxylic acids is 1. The second-order valence-electron chi connectivity index (χ2n) is 7.51. The molecule has 1 spiro atoms. The van der Waals surface area contributed by atoms with Gasteiger partial charge in [0.15, 0.2) is 6.61 Å². The maximum Gasteiger partial charge on any atom is 0.257 e. The van der Waals surface area contributed by atoms with E-state index in [0.717, 1.165) is 30.9 Å². The summed E-state index contributed by atoms with van der Waals surface area (Å²) in [6.07, 6.45) is 3.90. The lowest BCUT2D eigenvalue weighted by Gasteiger charge is -2.50. The van der Waals surface area contributed by atoms with E-state index in [4.69, 9.17) is 4.74 Å². The highest BCUT2D eigenvalue weighted by atomic mass is 16.5. The third-order valence-corrected chi connectivity index (χ3v) is 5.82. The summed E-state index contributed by atoms with van der Waals surface area (Å²) in [5, 5.41) is 2.60. The molecule has 1 fully saturated rings. The minimum atomic E-state index is -0.111. The lowest BCUT2D eigenvalue weighted by Crippen LogP contribution is -2.49. The molecule has 1 saturated carbocycles. The summed E-state index contributed by atoms with van der Waals surface area (Å²) in [5.74, 6) is 0.692. The maximum atomic E-state index is 11.5. The van der Waals surface area contributed by atoms with Crippen LogP contribution >= 0.6 is 0 Å². The van der Waals surface area contributed by atoms with Crippen LogP contribution in [0.4, 0.5) is 0 Å². The molecule has 1 amide bonds. The molecular formula is C22H26N2O2. The Morgan fingerprint density at radius 2 is 1.92 bits per heavy atom. The van der Waals surface area contributed by atoms with Crippen LogP contribution in [-0.4, -0.2) is 31.0 Å². The highest BCUT2D eigenvalue weighted by molar-refractivity contribution is 5.77. The van der Waals surface area contributed by atoms with Crippen LogP contribution in [0.5, 0.6) is 5.75 Å². The van der Waals surface area contributed by atoms with Gasteiger partial charge in [0.05, 0.1) is 0 Å². The third-order valence-electron chi connectivity index (χ3n) is 5.82. The number of benzene rings is 2. The summed E-state index contributed by atoms with van der Waals surface area (Å²) in [6.45, 7) is 2.98. The van der Waals surface area contributed by atoms with Crippen molar-refractivity contribution in [3.8, 4) is 5.75 Å². The highest BCUT2D eigenvalue weighted by Crippen LogP contribution is 2.48. The topological polar surface area (TPSA) is 41.6 Å². The molecule has 0 unspecified atom stereocenters. The second-order valence-corrected chi connectivity index (χ2v) is 7.51. The van der Waals surface area contributed by atoms with E-state index in [1.54, 1.807) is 12.6 Å². The van der Waals surface area contributed by atoms with Gasteiger partial charge < -0.3 is 10.1 Å². The van der Waals surface area contributed by atoms with Gasteiger partial charge in [-0.3, -0.25) is 9.69 Å². The zero-order valence-electron chi connectivity index (χ0n) is 15.3. The van der Waals surface area contributed by atoms with Crippen LogP contribution in [0, 0.1) is 0 Å². The lowest BCUT2D eigenvalue weighted by molar-refractivity contribution is -0.122. The van der Waals surface area contributed by atoms with Crippen molar-refractivity contribution in [2.24, 2.45) is 0 Å². The largest absolute Gasteiger partial charge is 0.483 e. The summed E-state index contributed by atoms with van der Waals surface area (Å²) in [6, 6.07) is 17.0. The van der Waals surface area contributed by atoms with Crippen LogP contribution in [0.25, 0.3) is 0 Å². The molecule has 4 heteroatoms. The lowest BCUT2D eigenvalue weighted by atomic mass is 9.61. The molecule has 0 atom stereocenters. The summed E-state index contributed by atoms with van der Waals surface area (Å²) >= 11 is 0.